The molecule has 2 saturated heterocycles. The number of H-pyrrole nitrogens is 1. The minimum atomic E-state index is -3.16. The third-order valence-electron chi connectivity index (χ3n) is 8.52. The van der Waals surface area contributed by atoms with Crippen molar-refractivity contribution in [1.29, 1.82) is 0 Å². The van der Waals surface area contributed by atoms with Gasteiger partial charge in [0.05, 0.1) is 11.9 Å². The summed E-state index contributed by atoms with van der Waals surface area (Å²) in [5.41, 5.74) is 3.91. The molecular weight excluding hydrogens is 498 g/mol. The van der Waals surface area contributed by atoms with E-state index >= 15 is 0 Å². The number of nitrogens with zero attached hydrogens (tertiary/aromatic N) is 4. The van der Waals surface area contributed by atoms with E-state index in [9.17, 15) is 13.5 Å². The van der Waals surface area contributed by atoms with Gasteiger partial charge in [-0.15, -0.1) is 0 Å². The maximum Gasteiger partial charge on any atom is 0.211 e. The second kappa shape index (κ2) is 9.86. The molecule has 0 saturated carbocycles. The average Bonchev–Trinajstić information content (AvgIpc) is 3.37. The van der Waals surface area contributed by atoms with Crippen LogP contribution in [0.4, 0.5) is 0 Å². The average molecular weight is 538 g/mol. The molecule has 0 bridgehead atoms. The van der Waals surface area contributed by atoms with E-state index in [1.165, 1.54) is 11.8 Å². The van der Waals surface area contributed by atoms with Crippen LogP contribution in [0.1, 0.15) is 67.8 Å². The van der Waals surface area contributed by atoms with Crippen LogP contribution < -0.4 is 0 Å². The van der Waals surface area contributed by atoms with Crippen LogP contribution in [0.5, 0.6) is 0 Å². The van der Waals surface area contributed by atoms with E-state index in [1.807, 2.05) is 12.1 Å². The van der Waals surface area contributed by atoms with Crippen LogP contribution in [-0.4, -0.2) is 77.4 Å². The van der Waals surface area contributed by atoms with Gasteiger partial charge < -0.3 is 10.0 Å². The van der Waals surface area contributed by atoms with Crippen molar-refractivity contribution in [2.45, 2.75) is 51.0 Å². The van der Waals surface area contributed by atoms with Gasteiger partial charge in [-0.3, -0.25) is 10.1 Å². The summed E-state index contributed by atoms with van der Waals surface area (Å²) in [6, 6.07) is 12.4. The molecule has 204 valence electrons. The maximum atomic E-state index is 12.5. The second-order valence-electron chi connectivity index (χ2n) is 11.8. The van der Waals surface area contributed by atoms with Gasteiger partial charge >= 0.3 is 0 Å². The molecule has 0 spiro atoms. The van der Waals surface area contributed by atoms with E-state index in [2.05, 4.69) is 72.2 Å². The predicted molar refractivity (Wildman–Crippen MR) is 149 cm³/mol. The lowest BCUT2D eigenvalue weighted by Gasteiger charge is -2.55. The fourth-order valence-electron chi connectivity index (χ4n) is 6.32. The SMILES string of the molecule is CC(C)c1ccc([C@](O)(c2cncc(-c3cc(C4CCN(S(C)(=O)=O)CC4)[nH]n3)c2)C2(C)CN(C)C2)cc1. The van der Waals surface area contributed by atoms with Crippen molar-refractivity contribution in [3.8, 4) is 11.3 Å². The van der Waals surface area contributed by atoms with Crippen molar-refractivity contribution in [3.63, 3.8) is 0 Å². The smallest absolute Gasteiger partial charge is 0.211 e. The number of hydrogen-bond acceptors (Lipinski definition) is 6. The van der Waals surface area contributed by atoms with Crippen LogP contribution in [-0.2, 0) is 15.6 Å². The number of piperidine rings is 1. The summed E-state index contributed by atoms with van der Waals surface area (Å²) in [5.74, 6) is 0.645. The highest BCUT2D eigenvalue weighted by Gasteiger charge is 2.55. The van der Waals surface area contributed by atoms with E-state index in [0.717, 1.165) is 54.0 Å². The van der Waals surface area contributed by atoms with Crippen LogP contribution in [0, 0.1) is 5.41 Å². The summed E-state index contributed by atoms with van der Waals surface area (Å²) in [4.78, 5) is 6.77. The summed E-state index contributed by atoms with van der Waals surface area (Å²) in [7, 11) is -1.08. The van der Waals surface area contributed by atoms with Gasteiger partial charge in [-0.25, -0.2) is 12.7 Å². The number of likely N-dealkylation sites (tertiary alicyclic amines) is 1. The van der Waals surface area contributed by atoms with E-state index in [0.29, 0.717) is 19.0 Å². The van der Waals surface area contributed by atoms with Gasteiger partial charge in [-0.2, -0.15) is 5.10 Å². The number of sulfonamides is 1. The molecule has 3 aromatic rings. The third kappa shape index (κ3) is 4.81. The normalized spacial score (nSPS) is 20.8. The molecule has 2 fully saturated rings. The zero-order valence-electron chi connectivity index (χ0n) is 23.0. The molecule has 2 aromatic heterocycles. The second-order valence-corrected chi connectivity index (χ2v) is 13.8. The van der Waals surface area contributed by atoms with Crippen LogP contribution in [0.25, 0.3) is 11.3 Å². The van der Waals surface area contributed by atoms with Gasteiger partial charge in [0.15, 0.2) is 0 Å². The molecule has 1 aromatic carbocycles. The van der Waals surface area contributed by atoms with Crippen molar-refractivity contribution >= 4 is 10.0 Å². The highest BCUT2D eigenvalue weighted by Crippen LogP contribution is 2.50. The number of nitrogens with one attached hydrogen (secondary N) is 1. The summed E-state index contributed by atoms with van der Waals surface area (Å²) in [5, 5.41) is 20.3. The number of aromatic nitrogens is 3. The van der Waals surface area contributed by atoms with E-state index < -0.39 is 15.6 Å². The van der Waals surface area contributed by atoms with Crippen LogP contribution in [0.15, 0.2) is 48.8 Å². The molecule has 0 amide bonds. The Morgan fingerprint density at radius 2 is 1.74 bits per heavy atom. The molecule has 38 heavy (non-hydrogen) atoms. The molecule has 4 heterocycles. The van der Waals surface area contributed by atoms with Gasteiger partial charge in [0.25, 0.3) is 0 Å². The fraction of sp³-hybridized carbons (Fsp3) is 0.517. The topological polar surface area (TPSA) is 102 Å². The minimum Gasteiger partial charge on any atom is -0.380 e. The first kappa shape index (κ1) is 27.0. The Kier molecular flexibility index (Phi) is 7.01. The van der Waals surface area contributed by atoms with Crippen LogP contribution in [0.3, 0.4) is 0 Å². The molecule has 2 aliphatic heterocycles. The molecule has 9 heteroatoms. The van der Waals surface area contributed by atoms with Gasteiger partial charge in [-0.1, -0.05) is 45.0 Å². The summed E-state index contributed by atoms with van der Waals surface area (Å²) < 4.78 is 25.3. The first-order valence-corrected chi connectivity index (χ1v) is 15.2. The van der Waals surface area contributed by atoms with E-state index in [-0.39, 0.29) is 11.3 Å². The van der Waals surface area contributed by atoms with Crippen molar-refractivity contribution in [1.82, 2.24) is 24.4 Å². The van der Waals surface area contributed by atoms with Crippen LogP contribution >= 0.6 is 0 Å². The number of rotatable bonds is 7. The first-order chi connectivity index (χ1) is 17.9. The van der Waals surface area contributed by atoms with Crippen molar-refractivity contribution in [3.05, 3.63) is 71.2 Å². The molecule has 2 aliphatic rings. The molecule has 0 aliphatic carbocycles. The number of pyridine rings is 1. The fourth-order valence-corrected chi connectivity index (χ4v) is 7.19. The van der Waals surface area contributed by atoms with Crippen molar-refractivity contribution in [2.24, 2.45) is 5.41 Å². The Bertz CT molecular complexity index is 1390. The molecule has 0 unspecified atom stereocenters. The lowest BCUT2D eigenvalue weighted by molar-refractivity contribution is -0.127. The number of hydrogen-bond donors (Lipinski definition) is 2. The quantitative estimate of drug-likeness (QED) is 0.474. The zero-order valence-corrected chi connectivity index (χ0v) is 23.8. The molecule has 8 nitrogen and oxygen atoms in total. The Hall–Kier alpha value is -2.59. The third-order valence-corrected chi connectivity index (χ3v) is 9.82. The molecular formula is C29H39N5O3S. The van der Waals surface area contributed by atoms with Gasteiger partial charge in [0.1, 0.15) is 5.60 Å². The molecule has 5 rings (SSSR count). The molecule has 0 radical (unpaired) electrons. The maximum absolute atomic E-state index is 12.5. The van der Waals surface area contributed by atoms with Crippen molar-refractivity contribution < 1.29 is 13.5 Å². The Morgan fingerprint density at radius 1 is 1.08 bits per heavy atom. The summed E-state index contributed by atoms with van der Waals surface area (Å²) in [6.07, 6.45) is 6.34. The lowest BCUT2D eigenvalue weighted by Crippen LogP contribution is -2.63. The summed E-state index contributed by atoms with van der Waals surface area (Å²) in [6.45, 7) is 9.07. The largest absolute Gasteiger partial charge is 0.380 e. The van der Waals surface area contributed by atoms with Gasteiger partial charge in [-0.05, 0) is 49.1 Å². The standard InChI is InChI=1S/C29H39N5O3S/c1-20(2)21-6-8-24(9-7-21)29(35,28(3)18-33(4)19-28)25-14-23(16-30-17-25)27-15-26(31-32-27)22-10-12-34(13-11-22)38(5,36)37/h6-9,14-17,20,22,35H,10-13,18-19H2,1-5H3,(H,31,32)/t29-/m0/s1. The first-order valence-electron chi connectivity index (χ1n) is 13.4. The van der Waals surface area contributed by atoms with E-state index in [4.69, 9.17) is 0 Å². The zero-order chi connectivity index (χ0) is 27.3. The van der Waals surface area contributed by atoms with Crippen molar-refractivity contribution in [2.75, 3.05) is 39.5 Å². The molecule has 2 N–H and O–H groups in total. The minimum absolute atomic E-state index is 0.228. The molecule has 1 atom stereocenters. The predicted octanol–water partition coefficient (Wildman–Crippen LogP) is 3.92. The number of aliphatic hydroxyl groups is 1. The highest BCUT2D eigenvalue weighted by molar-refractivity contribution is 7.88. The number of aromatic amines is 1. The van der Waals surface area contributed by atoms with Crippen LogP contribution in [0.2, 0.25) is 0 Å². The lowest BCUT2D eigenvalue weighted by atomic mass is 9.62. The number of benzene rings is 1. The van der Waals surface area contributed by atoms with Gasteiger partial charge in [0.2, 0.25) is 10.0 Å². The van der Waals surface area contributed by atoms with E-state index in [1.54, 1.807) is 16.7 Å². The Labute approximate surface area is 226 Å². The summed E-state index contributed by atoms with van der Waals surface area (Å²) >= 11 is 0. The highest BCUT2D eigenvalue weighted by atomic mass is 32.2. The monoisotopic (exact) mass is 537 g/mol. The van der Waals surface area contributed by atoms with Gasteiger partial charge in [0, 0.05) is 66.7 Å². The Balaban J connectivity index is 1.45. The Morgan fingerprint density at radius 3 is 2.32 bits per heavy atom.